The van der Waals surface area contributed by atoms with E-state index in [1.807, 2.05) is 32.9 Å². The lowest BCUT2D eigenvalue weighted by atomic mass is 10.1. The molecule has 0 N–H and O–H groups in total. The SMILES string of the molecule is C[C@H]1CN(Cc2ccc(N(C)C(=O)c3ccc(-c4cccc(F)c4)nc3)nc2)CCN1C(=O)OC(C)(C)CI. The van der Waals surface area contributed by atoms with Crippen LogP contribution < -0.4 is 4.90 Å². The van der Waals surface area contributed by atoms with Gasteiger partial charge in [0.1, 0.15) is 17.2 Å². The minimum atomic E-state index is -0.487. The Hall–Kier alpha value is -3.12. The highest BCUT2D eigenvalue weighted by atomic mass is 127. The molecule has 1 saturated heterocycles. The van der Waals surface area contributed by atoms with Crippen molar-refractivity contribution < 1.29 is 18.7 Å². The van der Waals surface area contributed by atoms with Crippen LogP contribution in [0, 0.1) is 5.82 Å². The standard InChI is InChI=1S/C29H33FIN5O3/c1-20-17-35(12-13-36(20)28(38)39-29(2,3)19-31)18-21-8-11-26(33-15-21)34(4)27(37)23-9-10-25(32-16-23)22-6-5-7-24(30)14-22/h5-11,14-16,20H,12-13,17-19H2,1-4H3/t20-/m0/s1. The third kappa shape index (κ3) is 7.30. The minimum absolute atomic E-state index is 0.0353. The van der Waals surface area contributed by atoms with Crippen LogP contribution in [0.1, 0.15) is 36.7 Å². The summed E-state index contributed by atoms with van der Waals surface area (Å²) in [4.78, 5) is 40.0. The molecule has 0 bridgehead atoms. The first-order valence-electron chi connectivity index (χ1n) is 12.8. The molecule has 0 saturated carbocycles. The van der Waals surface area contributed by atoms with Crippen LogP contribution >= 0.6 is 22.6 Å². The maximum absolute atomic E-state index is 13.5. The van der Waals surface area contributed by atoms with E-state index >= 15 is 0 Å². The summed E-state index contributed by atoms with van der Waals surface area (Å²) >= 11 is 2.23. The zero-order chi connectivity index (χ0) is 28.2. The Kier molecular flexibility index (Phi) is 9.16. The number of hydrogen-bond acceptors (Lipinski definition) is 6. The van der Waals surface area contributed by atoms with E-state index in [1.165, 1.54) is 23.2 Å². The summed E-state index contributed by atoms with van der Waals surface area (Å²) in [5.74, 6) is -0.0515. The van der Waals surface area contributed by atoms with Crippen molar-refractivity contribution in [3.05, 3.63) is 77.9 Å². The van der Waals surface area contributed by atoms with Crippen LogP contribution in [-0.4, -0.2) is 74.5 Å². The van der Waals surface area contributed by atoms with Crippen molar-refractivity contribution in [1.82, 2.24) is 19.8 Å². The minimum Gasteiger partial charge on any atom is -0.443 e. The van der Waals surface area contributed by atoms with Gasteiger partial charge in [-0.3, -0.25) is 19.6 Å². The van der Waals surface area contributed by atoms with Gasteiger partial charge < -0.3 is 9.64 Å². The van der Waals surface area contributed by atoms with Gasteiger partial charge in [-0.25, -0.2) is 14.2 Å². The summed E-state index contributed by atoms with van der Waals surface area (Å²) in [5, 5.41) is 0. The molecular formula is C29H33FIN5O3. The molecule has 1 aliphatic heterocycles. The summed E-state index contributed by atoms with van der Waals surface area (Å²) in [6.45, 7) is 8.64. The lowest BCUT2D eigenvalue weighted by Crippen LogP contribution is -2.54. The molecule has 1 fully saturated rings. The number of alkyl halides is 1. The number of carbonyl (C=O) groups is 2. The van der Waals surface area contributed by atoms with Crippen molar-refractivity contribution in [3.8, 4) is 11.3 Å². The van der Waals surface area contributed by atoms with Crippen molar-refractivity contribution in [2.75, 3.05) is 36.0 Å². The molecular weight excluding hydrogens is 612 g/mol. The number of anilines is 1. The van der Waals surface area contributed by atoms with Crippen LogP contribution in [0.3, 0.4) is 0 Å². The number of halogens is 2. The second-order valence-electron chi connectivity index (χ2n) is 10.4. The van der Waals surface area contributed by atoms with Crippen molar-refractivity contribution in [2.24, 2.45) is 0 Å². The Morgan fingerprint density at radius 2 is 1.92 bits per heavy atom. The number of hydrogen-bond donors (Lipinski definition) is 0. The molecule has 206 valence electrons. The molecule has 3 aromatic rings. The maximum Gasteiger partial charge on any atom is 0.410 e. The Labute approximate surface area is 242 Å². The van der Waals surface area contributed by atoms with E-state index in [-0.39, 0.29) is 23.9 Å². The summed E-state index contributed by atoms with van der Waals surface area (Å²) < 4.78 is 19.9. The van der Waals surface area contributed by atoms with Gasteiger partial charge in [-0.15, -0.1) is 0 Å². The number of ether oxygens (including phenoxy) is 1. The average Bonchev–Trinajstić information content (AvgIpc) is 2.92. The van der Waals surface area contributed by atoms with Crippen molar-refractivity contribution in [3.63, 3.8) is 0 Å². The lowest BCUT2D eigenvalue weighted by molar-refractivity contribution is 0.00372. The highest BCUT2D eigenvalue weighted by Crippen LogP contribution is 2.21. The molecule has 2 aromatic heterocycles. The zero-order valence-corrected chi connectivity index (χ0v) is 24.8. The van der Waals surface area contributed by atoms with Gasteiger partial charge in [-0.05, 0) is 56.7 Å². The fraction of sp³-hybridized carbons (Fsp3) is 0.379. The molecule has 4 rings (SSSR count). The number of aromatic nitrogens is 2. The molecule has 0 radical (unpaired) electrons. The smallest absolute Gasteiger partial charge is 0.410 e. The van der Waals surface area contributed by atoms with E-state index in [2.05, 4.69) is 37.5 Å². The topological polar surface area (TPSA) is 78.9 Å². The van der Waals surface area contributed by atoms with E-state index in [9.17, 15) is 14.0 Å². The highest BCUT2D eigenvalue weighted by molar-refractivity contribution is 14.1. The Bertz CT molecular complexity index is 1300. The second-order valence-corrected chi connectivity index (χ2v) is 11.1. The Morgan fingerprint density at radius 3 is 2.54 bits per heavy atom. The monoisotopic (exact) mass is 645 g/mol. The molecule has 1 atom stereocenters. The van der Waals surface area contributed by atoms with Gasteiger partial charge in [-0.1, -0.05) is 40.8 Å². The van der Waals surface area contributed by atoms with Crippen LogP contribution in [0.2, 0.25) is 0 Å². The van der Waals surface area contributed by atoms with E-state index in [1.54, 1.807) is 42.4 Å². The Morgan fingerprint density at radius 1 is 1.13 bits per heavy atom. The molecule has 0 aliphatic carbocycles. The van der Waals surface area contributed by atoms with E-state index in [0.717, 1.165) is 23.1 Å². The van der Waals surface area contributed by atoms with Gasteiger partial charge in [-0.2, -0.15) is 0 Å². The van der Waals surface area contributed by atoms with E-state index < -0.39 is 5.60 Å². The van der Waals surface area contributed by atoms with Gasteiger partial charge in [0.05, 0.1) is 11.3 Å². The number of rotatable bonds is 7. The van der Waals surface area contributed by atoms with Crippen LogP contribution in [-0.2, 0) is 11.3 Å². The summed E-state index contributed by atoms with van der Waals surface area (Å²) in [5.41, 5.74) is 2.19. The average molecular weight is 646 g/mol. The van der Waals surface area contributed by atoms with Gasteiger partial charge >= 0.3 is 6.09 Å². The third-order valence-corrected chi connectivity index (χ3v) is 8.46. The number of benzene rings is 1. The number of pyridine rings is 2. The van der Waals surface area contributed by atoms with Gasteiger partial charge in [0.25, 0.3) is 5.91 Å². The molecule has 2 amide bonds. The number of amides is 2. The zero-order valence-electron chi connectivity index (χ0n) is 22.6. The first kappa shape index (κ1) is 28.9. The van der Waals surface area contributed by atoms with Gasteiger partial charge in [0.15, 0.2) is 0 Å². The lowest BCUT2D eigenvalue weighted by Gasteiger charge is -2.40. The quantitative estimate of drug-likeness (QED) is 0.253. The normalized spacial score (nSPS) is 16.2. The van der Waals surface area contributed by atoms with Crippen LogP contribution in [0.25, 0.3) is 11.3 Å². The maximum atomic E-state index is 13.5. The summed E-state index contributed by atoms with van der Waals surface area (Å²) in [7, 11) is 1.67. The highest BCUT2D eigenvalue weighted by Gasteiger charge is 2.32. The predicted octanol–water partition coefficient (Wildman–Crippen LogP) is 5.42. The predicted molar refractivity (Wildman–Crippen MR) is 157 cm³/mol. The van der Waals surface area contributed by atoms with Crippen LogP contribution in [0.15, 0.2) is 60.9 Å². The first-order chi connectivity index (χ1) is 18.6. The number of carbonyl (C=O) groups excluding carboxylic acids is 2. The molecule has 8 nitrogen and oxygen atoms in total. The molecule has 0 spiro atoms. The Balaban J connectivity index is 1.33. The van der Waals surface area contributed by atoms with Crippen molar-refractivity contribution >= 4 is 40.4 Å². The number of piperazine rings is 1. The number of nitrogens with zero attached hydrogens (tertiary/aromatic N) is 5. The molecule has 39 heavy (non-hydrogen) atoms. The van der Waals surface area contributed by atoms with Crippen LogP contribution in [0.4, 0.5) is 15.0 Å². The van der Waals surface area contributed by atoms with E-state index in [4.69, 9.17) is 4.74 Å². The third-order valence-electron chi connectivity index (χ3n) is 6.63. The largest absolute Gasteiger partial charge is 0.443 e. The summed E-state index contributed by atoms with van der Waals surface area (Å²) in [6.07, 6.45) is 3.01. The molecule has 3 heterocycles. The molecule has 10 heteroatoms. The molecule has 1 aromatic carbocycles. The fourth-order valence-corrected chi connectivity index (χ4v) is 4.53. The fourth-order valence-electron chi connectivity index (χ4n) is 4.37. The van der Waals surface area contributed by atoms with Crippen LogP contribution in [0.5, 0.6) is 0 Å². The second kappa shape index (κ2) is 12.4. The van der Waals surface area contributed by atoms with Crippen molar-refractivity contribution in [2.45, 2.75) is 39.0 Å². The summed E-state index contributed by atoms with van der Waals surface area (Å²) in [6, 6.07) is 13.4. The van der Waals surface area contributed by atoms with Gasteiger partial charge in [0.2, 0.25) is 0 Å². The first-order valence-corrected chi connectivity index (χ1v) is 14.3. The molecule has 0 unspecified atom stereocenters. The van der Waals surface area contributed by atoms with Crippen molar-refractivity contribution in [1.29, 1.82) is 0 Å². The van der Waals surface area contributed by atoms with Gasteiger partial charge in [0, 0.05) is 61.7 Å². The van der Waals surface area contributed by atoms with E-state index in [0.29, 0.717) is 35.7 Å². The molecule has 1 aliphatic rings.